The topological polar surface area (TPSA) is 40.9 Å². The van der Waals surface area contributed by atoms with Crippen molar-refractivity contribution in [3.63, 3.8) is 0 Å². The van der Waals surface area contributed by atoms with Crippen molar-refractivity contribution in [2.75, 3.05) is 0 Å². The molecule has 7 heavy (non-hydrogen) atoms. The average Bonchev–Trinajstić information content (AvgIpc) is 1.35. The molecular weight excluding hydrogens is 117 g/mol. The number of amides is 1. The molecule has 2 nitrogen and oxygen atoms in total. The molecule has 1 amide bonds. The van der Waals surface area contributed by atoms with Crippen LogP contribution in [-0.2, 0) is 4.79 Å². The molecule has 0 aliphatic carbocycles. The standard InChI is InChI=1S/C4H7NO.K/c1-2-3-4(5)6;/h2-3H,1H3,(H2,5,6);/q;+1/p-1/b3-2+;. The summed E-state index contributed by atoms with van der Waals surface area (Å²) in [6.07, 6.45) is 2.73. The van der Waals surface area contributed by atoms with Crippen molar-refractivity contribution in [3.05, 3.63) is 17.9 Å². The zero-order chi connectivity index (χ0) is 4.99. The third kappa shape index (κ3) is 10.9. The van der Waals surface area contributed by atoms with Crippen molar-refractivity contribution >= 4 is 5.91 Å². The summed E-state index contributed by atoms with van der Waals surface area (Å²) < 4.78 is 0. The Morgan fingerprint density at radius 3 is 2.14 bits per heavy atom. The minimum atomic E-state index is -0.641. The van der Waals surface area contributed by atoms with Gasteiger partial charge in [-0.2, -0.15) is 0 Å². The Morgan fingerprint density at radius 2 is 2.14 bits per heavy atom. The van der Waals surface area contributed by atoms with Gasteiger partial charge in [0.2, 0.25) is 0 Å². The molecule has 0 bridgehead atoms. The smallest absolute Gasteiger partial charge is 0.664 e. The molecule has 0 heterocycles. The van der Waals surface area contributed by atoms with E-state index in [4.69, 9.17) is 5.73 Å². The first-order valence-electron chi connectivity index (χ1n) is 1.65. The Kier molecular flexibility index (Phi) is 10.5. The maximum Gasteiger partial charge on any atom is 1.00 e. The summed E-state index contributed by atoms with van der Waals surface area (Å²) in [5.41, 5.74) is 6.25. The van der Waals surface area contributed by atoms with Crippen LogP contribution in [0.15, 0.2) is 12.2 Å². The second-order valence-corrected chi connectivity index (χ2v) is 0.864. The van der Waals surface area contributed by atoms with Crippen LogP contribution in [0.4, 0.5) is 0 Å². The summed E-state index contributed by atoms with van der Waals surface area (Å²) in [4.78, 5) is 9.62. The second-order valence-electron chi connectivity index (χ2n) is 0.864. The molecule has 0 rings (SSSR count). The maximum absolute atomic E-state index is 9.62. The molecule has 0 radical (unpaired) electrons. The summed E-state index contributed by atoms with van der Waals surface area (Å²) in [6.45, 7) is 1.70. The van der Waals surface area contributed by atoms with Gasteiger partial charge < -0.3 is 10.5 Å². The fraction of sp³-hybridized carbons (Fsp3) is 0.250. The number of allylic oxidation sites excluding steroid dienone is 1. The van der Waals surface area contributed by atoms with E-state index in [0.717, 1.165) is 0 Å². The first kappa shape index (κ1) is 10.8. The molecule has 0 spiro atoms. The molecule has 0 aliphatic heterocycles. The molecule has 0 aliphatic rings. The molecule has 0 saturated heterocycles. The van der Waals surface area contributed by atoms with Crippen LogP contribution >= 0.6 is 0 Å². The van der Waals surface area contributed by atoms with E-state index in [2.05, 4.69) is 0 Å². The van der Waals surface area contributed by atoms with E-state index in [-0.39, 0.29) is 51.4 Å². The summed E-state index contributed by atoms with van der Waals surface area (Å²) in [6, 6.07) is 0. The molecule has 0 unspecified atom stereocenters. The van der Waals surface area contributed by atoms with E-state index in [0.29, 0.717) is 0 Å². The van der Waals surface area contributed by atoms with Gasteiger partial charge in [0.25, 0.3) is 0 Å². The average molecular weight is 123 g/mol. The molecule has 0 aromatic heterocycles. The first-order valence-corrected chi connectivity index (χ1v) is 1.65. The van der Waals surface area contributed by atoms with E-state index in [1.54, 1.807) is 6.92 Å². The van der Waals surface area contributed by atoms with Gasteiger partial charge in [-0.15, -0.1) is 0 Å². The quantitative estimate of drug-likeness (QED) is 0.298. The predicted molar refractivity (Wildman–Crippen MR) is 24.1 cm³/mol. The Bertz CT molecular complexity index is 79.8. The van der Waals surface area contributed by atoms with Crippen molar-refractivity contribution in [1.29, 1.82) is 0 Å². The Labute approximate surface area is 85.6 Å². The van der Waals surface area contributed by atoms with E-state index in [1.807, 2.05) is 0 Å². The van der Waals surface area contributed by atoms with Crippen LogP contribution in [0.1, 0.15) is 6.92 Å². The van der Waals surface area contributed by atoms with Crippen LogP contribution in [0, 0.1) is 0 Å². The van der Waals surface area contributed by atoms with Crippen molar-refractivity contribution in [2.45, 2.75) is 6.92 Å². The third-order valence-electron chi connectivity index (χ3n) is 0.318. The maximum atomic E-state index is 9.62. The number of nitrogens with one attached hydrogen (secondary N) is 1. The normalized spacial score (nSPS) is 8.14. The van der Waals surface area contributed by atoms with Gasteiger partial charge in [-0.3, -0.25) is 0 Å². The molecule has 0 fully saturated rings. The van der Waals surface area contributed by atoms with Gasteiger partial charge in [-0.1, -0.05) is 6.08 Å². The van der Waals surface area contributed by atoms with Crippen LogP contribution in [0.5, 0.6) is 0 Å². The molecule has 3 heteroatoms. The first-order chi connectivity index (χ1) is 2.77. The van der Waals surface area contributed by atoms with E-state index in [1.165, 1.54) is 12.2 Å². The van der Waals surface area contributed by atoms with Gasteiger partial charge in [0, 0.05) is 0 Å². The second kappa shape index (κ2) is 6.85. The van der Waals surface area contributed by atoms with Crippen molar-refractivity contribution < 1.29 is 56.2 Å². The van der Waals surface area contributed by atoms with E-state index < -0.39 is 5.91 Å². The molecule has 0 aromatic rings. The summed E-state index contributed by atoms with van der Waals surface area (Å²) >= 11 is 0. The van der Waals surface area contributed by atoms with Crippen molar-refractivity contribution in [1.82, 2.24) is 0 Å². The Morgan fingerprint density at radius 1 is 1.71 bits per heavy atom. The molecule has 0 saturated carbocycles. The zero-order valence-electron chi connectivity index (χ0n) is 4.56. The molecule has 1 N–H and O–H groups in total. The largest absolute Gasteiger partial charge is 1.00 e. The number of carbonyl (C=O) groups is 1. The SMILES string of the molecule is C/C=C/C([NH-])=O.[K+]. The number of rotatable bonds is 1. The minimum Gasteiger partial charge on any atom is -0.664 e. The predicted octanol–water partition coefficient (Wildman–Crippen LogP) is -1.85. The van der Waals surface area contributed by atoms with E-state index in [9.17, 15) is 4.79 Å². The summed E-state index contributed by atoms with van der Waals surface area (Å²) in [5, 5.41) is 0. The van der Waals surface area contributed by atoms with Crippen LogP contribution < -0.4 is 51.4 Å². The molecule has 0 atom stereocenters. The van der Waals surface area contributed by atoms with Gasteiger partial charge >= 0.3 is 51.4 Å². The third-order valence-corrected chi connectivity index (χ3v) is 0.318. The summed E-state index contributed by atoms with van der Waals surface area (Å²) in [5.74, 6) is -0.641. The minimum absolute atomic E-state index is 0. The van der Waals surface area contributed by atoms with Gasteiger partial charge in [-0.25, -0.2) is 0 Å². The van der Waals surface area contributed by atoms with Crippen molar-refractivity contribution in [2.24, 2.45) is 0 Å². The fourth-order valence-electron chi connectivity index (χ4n) is 0.151. The number of hydrogen-bond donors (Lipinski definition) is 0. The van der Waals surface area contributed by atoms with Crippen LogP contribution in [0.25, 0.3) is 5.73 Å². The monoisotopic (exact) mass is 123 g/mol. The Hall–Kier alpha value is 0.846. The van der Waals surface area contributed by atoms with Crippen LogP contribution in [0.2, 0.25) is 0 Å². The zero-order valence-corrected chi connectivity index (χ0v) is 7.69. The fourth-order valence-corrected chi connectivity index (χ4v) is 0.151. The van der Waals surface area contributed by atoms with Gasteiger partial charge in [-0.05, 0) is 13.0 Å². The van der Waals surface area contributed by atoms with Gasteiger partial charge in [0.15, 0.2) is 0 Å². The van der Waals surface area contributed by atoms with Crippen LogP contribution in [0.3, 0.4) is 0 Å². The molecule has 0 aromatic carbocycles. The molecule has 34 valence electrons. The summed E-state index contributed by atoms with van der Waals surface area (Å²) in [7, 11) is 0. The van der Waals surface area contributed by atoms with Crippen LogP contribution in [-0.4, -0.2) is 5.91 Å². The Balaban J connectivity index is 0. The number of hydrogen-bond acceptors (Lipinski definition) is 1. The van der Waals surface area contributed by atoms with Crippen molar-refractivity contribution in [3.8, 4) is 0 Å². The van der Waals surface area contributed by atoms with Gasteiger partial charge in [0.1, 0.15) is 0 Å². The van der Waals surface area contributed by atoms with E-state index >= 15 is 0 Å². The molecular formula is C4H6KNO. The van der Waals surface area contributed by atoms with Gasteiger partial charge in [0.05, 0.1) is 5.91 Å². The number of carbonyl (C=O) groups excluding carboxylic acids is 1.